The molecule has 1 saturated heterocycles. The van der Waals surface area contributed by atoms with Crippen molar-refractivity contribution in [1.29, 1.82) is 0 Å². The average molecular weight is 143 g/mol. The molecule has 1 N–H and O–H groups in total. The maximum absolute atomic E-state index is 5.58. The Morgan fingerprint density at radius 3 is 2.10 bits per heavy atom. The van der Waals surface area contributed by atoms with E-state index >= 15 is 0 Å². The Bertz CT molecular complexity index is 95.4. The summed E-state index contributed by atoms with van der Waals surface area (Å²) in [4.78, 5) is 0. The van der Waals surface area contributed by atoms with Crippen LogP contribution in [0.1, 0.15) is 26.7 Å². The summed E-state index contributed by atoms with van der Waals surface area (Å²) in [6.45, 7) is 4.28. The lowest BCUT2D eigenvalue weighted by molar-refractivity contribution is -0.0409. The van der Waals surface area contributed by atoms with Crippen LogP contribution in [0.3, 0.4) is 0 Å². The Hall–Kier alpha value is -0.0800. The van der Waals surface area contributed by atoms with E-state index in [4.69, 9.17) is 4.74 Å². The maximum Gasteiger partial charge on any atom is 0.0565 e. The minimum absolute atomic E-state index is 0.432. The van der Waals surface area contributed by atoms with E-state index in [1.807, 2.05) is 7.05 Å². The number of hydrogen-bond donors (Lipinski definition) is 1. The van der Waals surface area contributed by atoms with Crippen molar-refractivity contribution in [2.75, 3.05) is 7.05 Å². The molecule has 60 valence electrons. The van der Waals surface area contributed by atoms with E-state index in [0.717, 1.165) is 12.8 Å². The Morgan fingerprint density at radius 1 is 1.20 bits per heavy atom. The quantitative estimate of drug-likeness (QED) is 0.594. The van der Waals surface area contributed by atoms with Crippen LogP contribution in [0.15, 0.2) is 0 Å². The molecule has 2 unspecified atom stereocenters. The first-order valence-corrected chi connectivity index (χ1v) is 4.05. The molecule has 1 aliphatic rings. The zero-order valence-corrected chi connectivity index (χ0v) is 7.05. The lowest BCUT2D eigenvalue weighted by Gasteiger charge is -2.31. The van der Waals surface area contributed by atoms with Gasteiger partial charge in [0.2, 0.25) is 0 Å². The first-order chi connectivity index (χ1) is 4.72. The topological polar surface area (TPSA) is 21.3 Å². The fourth-order valence-corrected chi connectivity index (χ4v) is 1.64. The summed E-state index contributed by atoms with van der Waals surface area (Å²) < 4.78 is 5.58. The van der Waals surface area contributed by atoms with Crippen LogP contribution in [0, 0.1) is 0 Å². The predicted octanol–water partition coefficient (Wildman–Crippen LogP) is 1.16. The summed E-state index contributed by atoms with van der Waals surface area (Å²) in [5, 5.41) is 3.28. The van der Waals surface area contributed by atoms with Crippen molar-refractivity contribution in [2.24, 2.45) is 0 Å². The Labute approximate surface area is 63.0 Å². The molecule has 2 heteroatoms. The Kier molecular flexibility index (Phi) is 2.69. The van der Waals surface area contributed by atoms with Crippen LogP contribution in [0.25, 0.3) is 0 Å². The lowest BCUT2D eigenvalue weighted by Crippen LogP contribution is -2.39. The summed E-state index contributed by atoms with van der Waals surface area (Å²) >= 11 is 0. The van der Waals surface area contributed by atoms with Gasteiger partial charge in [-0.05, 0) is 33.7 Å². The van der Waals surface area contributed by atoms with Crippen LogP contribution in [0.5, 0.6) is 0 Å². The molecular formula is C8H17NO. The van der Waals surface area contributed by atoms with E-state index < -0.39 is 0 Å². The number of ether oxygens (including phenoxy) is 1. The van der Waals surface area contributed by atoms with Gasteiger partial charge in [0.25, 0.3) is 0 Å². The van der Waals surface area contributed by atoms with Crippen LogP contribution < -0.4 is 5.32 Å². The zero-order chi connectivity index (χ0) is 7.56. The van der Waals surface area contributed by atoms with Gasteiger partial charge in [-0.25, -0.2) is 0 Å². The van der Waals surface area contributed by atoms with Gasteiger partial charge in [0, 0.05) is 6.04 Å². The second-order valence-electron chi connectivity index (χ2n) is 3.21. The van der Waals surface area contributed by atoms with Gasteiger partial charge in [0.05, 0.1) is 12.2 Å². The molecule has 0 aromatic rings. The van der Waals surface area contributed by atoms with Crippen molar-refractivity contribution in [3.8, 4) is 0 Å². The van der Waals surface area contributed by atoms with Crippen LogP contribution in [-0.2, 0) is 4.74 Å². The molecule has 0 saturated carbocycles. The van der Waals surface area contributed by atoms with Crippen molar-refractivity contribution < 1.29 is 4.74 Å². The van der Waals surface area contributed by atoms with Crippen molar-refractivity contribution in [2.45, 2.75) is 44.9 Å². The maximum atomic E-state index is 5.58. The van der Waals surface area contributed by atoms with E-state index in [1.165, 1.54) is 0 Å². The number of nitrogens with one attached hydrogen (secondary N) is 1. The molecule has 1 fully saturated rings. The van der Waals surface area contributed by atoms with Gasteiger partial charge in [0.1, 0.15) is 0 Å². The molecule has 0 spiro atoms. The summed E-state index contributed by atoms with van der Waals surface area (Å²) in [5.41, 5.74) is 0. The molecule has 1 heterocycles. The molecule has 1 rings (SSSR count). The highest BCUT2D eigenvalue weighted by atomic mass is 16.5. The SMILES string of the molecule is CNC1CC(C)O[C@@H](C)C1. The van der Waals surface area contributed by atoms with Gasteiger partial charge in [-0.2, -0.15) is 0 Å². The molecule has 0 aliphatic carbocycles. The number of hydrogen-bond acceptors (Lipinski definition) is 2. The minimum Gasteiger partial charge on any atom is -0.375 e. The molecule has 0 bridgehead atoms. The molecule has 0 amide bonds. The summed E-state index contributed by atoms with van der Waals surface area (Å²) in [7, 11) is 2.02. The third kappa shape index (κ3) is 1.96. The third-order valence-corrected chi connectivity index (χ3v) is 2.11. The zero-order valence-electron chi connectivity index (χ0n) is 7.05. The van der Waals surface area contributed by atoms with Gasteiger partial charge in [0.15, 0.2) is 0 Å². The summed E-state index contributed by atoms with van der Waals surface area (Å²) in [6.07, 6.45) is 3.17. The Balaban J connectivity index is 2.35. The standard InChI is InChI=1S/C8H17NO/c1-6-4-8(9-3)5-7(2)10-6/h6-9H,4-5H2,1-3H3/t6-,7?,8?/m0/s1. The second kappa shape index (κ2) is 3.35. The highest BCUT2D eigenvalue weighted by molar-refractivity contribution is 4.76. The molecule has 0 aromatic carbocycles. The molecule has 2 nitrogen and oxygen atoms in total. The van der Waals surface area contributed by atoms with Gasteiger partial charge in [-0.1, -0.05) is 0 Å². The summed E-state index contributed by atoms with van der Waals surface area (Å²) in [6, 6.07) is 0.666. The van der Waals surface area contributed by atoms with Gasteiger partial charge in [-0.15, -0.1) is 0 Å². The van der Waals surface area contributed by atoms with Crippen LogP contribution in [0.2, 0.25) is 0 Å². The smallest absolute Gasteiger partial charge is 0.0565 e. The van der Waals surface area contributed by atoms with E-state index in [0.29, 0.717) is 18.2 Å². The largest absolute Gasteiger partial charge is 0.375 e. The van der Waals surface area contributed by atoms with E-state index in [-0.39, 0.29) is 0 Å². The normalized spacial score (nSPS) is 41.7. The minimum atomic E-state index is 0.432. The molecular weight excluding hydrogens is 126 g/mol. The second-order valence-corrected chi connectivity index (χ2v) is 3.21. The molecule has 1 aliphatic heterocycles. The van der Waals surface area contributed by atoms with Gasteiger partial charge >= 0.3 is 0 Å². The summed E-state index contributed by atoms with van der Waals surface area (Å²) in [5.74, 6) is 0. The van der Waals surface area contributed by atoms with Crippen LogP contribution in [0.4, 0.5) is 0 Å². The predicted molar refractivity (Wildman–Crippen MR) is 42.1 cm³/mol. The molecule has 10 heavy (non-hydrogen) atoms. The number of rotatable bonds is 1. The first kappa shape index (κ1) is 8.02. The van der Waals surface area contributed by atoms with E-state index in [2.05, 4.69) is 19.2 Å². The van der Waals surface area contributed by atoms with Gasteiger partial charge in [-0.3, -0.25) is 0 Å². The Morgan fingerprint density at radius 2 is 1.70 bits per heavy atom. The fraction of sp³-hybridized carbons (Fsp3) is 1.00. The highest BCUT2D eigenvalue weighted by Crippen LogP contribution is 2.18. The van der Waals surface area contributed by atoms with Crippen LogP contribution in [-0.4, -0.2) is 25.3 Å². The van der Waals surface area contributed by atoms with E-state index in [9.17, 15) is 0 Å². The lowest BCUT2D eigenvalue weighted by atomic mass is 10.0. The fourth-order valence-electron chi connectivity index (χ4n) is 1.64. The van der Waals surface area contributed by atoms with Crippen molar-refractivity contribution in [3.63, 3.8) is 0 Å². The average Bonchev–Trinajstić information content (AvgIpc) is 1.85. The first-order valence-electron chi connectivity index (χ1n) is 4.05. The highest BCUT2D eigenvalue weighted by Gasteiger charge is 2.22. The van der Waals surface area contributed by atoms with Crippen molar-refractivity contribution in [1.82, 2.24) is 5.32 Å². The monoisotopic (exact) mass is 143 g/mol. The molecule has 0 aromatic heterocycles. The van der Waals surface area contributed by atoms with E-state index in [1.54, 1.807) is 0 Å². The third-order valence-electron chi connectivity index (χ3n) is 2.11. The molecule has 3 atom stereocenters. The van der Waals surface area contributed by atoms with Crippen molar-refractivity contribution >= 4 is 0 Å². The van der Waals surface area contributed by atoms with Crippen molar-refractivity contribution in [3.05, 3.63) is 0 Å². The molecule has 0 radical (unpaired) electrons. The van der Waals surface area contributed by atoms with Gasteiger partial charge < -0.3 is 10.1 Å². The van der Waals surface area contributed by atoms with Crippen LogP contribution >= 0.6 is 0 Å².